The Labute approximate surface area is 121 Å². The van der Waals surface area contributed by atoms with Gasteiger partial charge in [0.15, 0.2) is 0 Å². The minimum absolute atomic E-state index is 0.0811. The van der Waals surface area contributed by atoms with E-state index in [-0.39, 0.29) is 24.7 Å². The van der Waals surface area contributed by atoms with E-state index in [0.29, 0.717) is 18.4 Å². The molecule has 2 unspecified atom stereocenters. The first-order valence-corrected chi connectivity index (χ1v) is 7.26. The summed E-state index contributed by atoms with van der Waals surface area (Å²) < 4.78 is 38.4. The van der Waals surface area contributed by atoms with Crippen LogP contribution in [-0.2, 0) is 12.7 Å². The average Bonchev–Trinajstić information content (AvgIpc) is 2.68. The molecule has 0 amide bonds. The van der Waals surface area contributed by atoms with Gasteiger partial charge in [0, 0.05) is 24.3 Å². The van der Waals surface area contributed by atoms with Crippen molar-refractivity contribution >= 4 is 5.69 Å². The van der Waals surface area contributed by atoms with Crippen LogP contribution in [0.4, 0.5) is 18.9 Å². The molecular weight excluding hydrogens is 281 g/mol. The van der Waals surface area contributed by atoms with Gasteiger partial charge in [0.05, 0.1) is 11.7 Å². The van der Waals surface area contributed by atoms with Gasteiger partial charge in [-0.3, -0.25) is 0 Å². The number of fused-ring (bicyclic) bond motifs is 2. The van der Waals surface area contributed by atoms with Crippen LogP contribution in [0.3, 0.4) is 0 Å². The lowest BCUT2D eigenvalue weighted by Gasteiger charge is -2.40. The van der Waals surface area contributed by atoms with Gasteiger partial charge >= 0.3 is 6.18 Å². The second-order valence-corrected chi connectivity index (χ2v) is 5.96. The summed E-state index contributed by atoms with van der Waals surface area (Å²) in [7, 11) is 0. The molecule has 6 heteroatoms. The van der Waals surface area contributed by atoms with E-state index in [1.165, 1.54) is 6.07 Å². The van der Waals surface area contributed by atoms with Crippen molar-refractivity contribution < 1.29 is 18.3 Å². The van der Waals surface area contributed by atoms with Crippen LogP contribution in [0.25, 0.3) is 0 Å². The van der Waals surface area contributed by atoms with Crippen molar-refractivity contribution in [3.8, 4) is 0 Å². The number of halogens is 3. The molecule has 2 aliphatic heterocycles. The molecule has 0 aromatic heterocycles. The normalized spacial score (nSPS) is 29.0. The van der Waals surface area contributed by atoms with Gasteiger partial charge in [-0.25, -0.2) is 0 Å². The number of aliphatic hydroxyl groups excluding tert-OH is 1. The molecule has 0 spiro atoms. The number of piperidine rings is 1. The van der Waals surface area contributed by atoms with Crippen LogP contribution in [0.2, 0.25) is 0 Å². The Bertz CT molecular complexity index is 518. The largest absolute Gasteiger partial charge is 0.416 e. The standard InChI is InChI=1S/C15H19F3N2O/c16-15(17,18)10-1-4-14(9(5-10)8-19)20-11-2-3-12(20)7-13(21)6-11/h1,4-5,11-13,21H,2-3,6-8,19H2. The highest BCUT2D eigenvalue weighted by Crippen LogP contribution is 2.42. The minimum atomic E-state index is -4.35. The molecule has 3 N–H and O–H groups in total. The van der Waals surface area contributed by atoms with Crippen molar-refractivity contribution in [2.75, 3.05) is 4.90 Å². The van der Waals surface area contributed by atoms with Crippen LogP contribution < -0.4 is 10.6 Å². The number of aliphatic hydroxyl groups is 1. The lowest BCUT2D eigenvalue weighted by Crippen LogP contribution is -2.45. The molecule has 3 rings (SSSR count). The van der Waals surface area contributed by atoms with E-state index in [1.54, 1.807) is 0 Å². The van der Waals surface area contributed by atoms with Crippen LogP contribution in [0, 0.1) is 0 Å². The average molecular weight is 300 g/mol. The maximum Gasteiger partial charge on any atom is 0.416 e. The fourth-order valence-corrected chi connectivity index (χ4v) is 3.72. The highest BCUT2D eigenvalue weighted by Gasteiger charge is 2.41. The smallest absolute Gasteiger partial charge is 0.393 e. The van der Waals surface area contributed by atoms with E-state index in [9.17, 15) is 18.3 Å². The third-order valence-electron chi connectivity index (χ3n) is 4.61. The van der Waals surface area contributed by atoms with Crippen LogP contribution in [0.1, 0.15) is 36.8 Å². The number of hydrogen-bond donors (Lipinski definition) is 2. The fourth-order valence-electron chi connectivity index (χ4n) is 3.72. The lowest BCUT2D eigenvalue weighted by atomic mass is 9.97. The first-order chi connectivity index (χ1) is 9.90. The van der Waals surface area contributed by atoms with Crippen molar-refractivity contribution in [2.45, 2.75) is 56.6 Å². The molecular formula is C15H19F3N2O. The van der Waals surface area contributed by atoms with E-state index in [2.05, 4.69) is 4.90 Å². The fraction of sp³-hybridized carbons (Fsp3) is 0.600. The molecule has 1 aromatic rings. The molecule has 0 radical (unpaired) electrons. The number of rotatable bonds is 2. The Morgan fingerprint density at radius 2 is 1.81 bits per heavy atom. The zero-order valence-electron chi connectivity index (χ0n) is 11.6. The van der Waals surface area contributed by atoms with E-state index >= 15 is 0 Å². The Balaban J connectivity index is 1.96. The summed E-state index contributed by atoms with van der Waals surface area (Å²) in [5, 5.41) is 9.83. The summed E-state index contributed by atoms with van der Waals surface area (Å²) in [6.45, 7) is 0.0811. The maximum absolute atomic E-state index is 12.8. The van der Waals surface area contributed by atoms with E-state index in [1.807, 2.05) is 0 Å². The summed E-state index contributed by atoms with van der Waals surface area (Å²) in [5.74, 6) is 0. The van der Waals surface area contributed by atoms with Crippen molar-refractivity contribution in [2.24, 2.45) is 5.73 Å². The SMILES string of the molecule is NCc1cc(C(F)(F)F)ccc1N1C2CCC1CC(O)C2. The monoisotopic (exact) mass is 300 g/mol. The third-order valence-corrected chi connectivity index (χ3v) is 4.61. The second-order valence-electron chi connectivity index (χ2n) is 5.96. The molecule has 0 saturated carbocycles. The van der Waals surface area contributed by atoms with Crippen molar-refractivity contribution in [3.05, 3.63) is 29.3 Å². The van der Waals surface area contributed by atoms with Crippen molar-refractivity contribution in [1.29, 1.82) is 0 Å². The van der Waals surface area contributed by atoms with E-state index in [4.69, 9.17) is 5.73 Å². The Morgan fingerprint density at radius 3 is 2.33 bits per heavy atom. The predicted octanol–water partition coefficient (Wildman–Crippen LogP) is 2.66. The quantitative estimate of drug-likeness (QED) is 0.883. The van der Waals surface area contributed by atoms with Gasteiger partial charge in [0.1, 0.15) is 0 Å². The molecule has 0 aliphatic carbocycles. The van der Waals surface area contributed by atoms with Crippen LogP contribution in [0.15, 0.2) is 18.2 Å². The molecule has 116 valence electrons. The Morgan fingerprint density at radius 1 is 1.19 bits per heavy atom. The van der Waals surface area contributed by atoms with Gasteiger partial charge in [-0.15, -0.1) is 0 Å². The number of anilines is 1. The zero-order chi connectivity index (χ0) is 15.2. The molecule has 3 nitrogen and oxygen atoms in total. The number of alkyl halides is 3. The molecule has 2 heterocycles. The van der Waals surface area contributed by atoms with Crippen molar-refractivity contribution in [3.63, 3.8) is 0 Å². The summed E-state index contributed by atoms with van der Waals surface area (Å²) in [5.41, 5.74) is 6.33. The van der Waals surface area contributed by atoms with E-state index < -0.39 is 11.7 Å². The van der Waals surface area contributed by atoms with E-state index in [0.717, 1.165) is 30.7 Å². The lowest BCUT2D eigenvalue weighted by molar-refractivity contribution is -0.137. The highest BCUT2D eigenvalue weighted by atomic mass is 19.4. The predicted molar refractivity (Wildman–Crippen MR) is 73.9 cm³/mol. The number of benzene rings is 1. The van der Waals surface area contributed by atoms with Gasteiger partial charge < -0.3 is 15.7 Å². The first kappa shape index (κ1) is 14.7. The van der Waals surface area contributed by atoms with Gasteiger partial charge in [-0.1, -0.05) is 0 Å². The summed E-state index contributed by atoms with van der Waals surface area (Å²) >= 11 is 0. The molecule has 2 aliphatic rings. The minimum Gasteiger partial charge on any atom is -0.393 e. The molecule has 1 aromatic carbocycles. The molecule has 2 saturated heterocycles. The van der Waals surface area contributed by atoms with Gasteiger partial charge in [-0.05, 0) is 49.4 Å². The first-order valence-electron chi connectivity index (χ1n) is 7.26. The highest BCUT2D eigenvalue weighted by molar-refractivity contribution is 5.58. The van der Waals surface area contributed by atoms with Crippen LogP contribution >= 0.6 is 0 Å². The van der Waals surface area contributed by atoms with Crippen molar-refractivity contribution in [1.82, 2.24) is 0 Å². The molecule has 2 bridgehead atoms. The van der Waals surface area contributed by atoms with Crippen LogP contribution in [-0.4, -0.2) is 23.3 Å². The summed E-state index contributed by atoms with van der Waals surface area (Å²) in [6.07, 6.45) is -1.32. The van der Waals surface area contributed by atoms with Gasteiger partial charge in [0.2, 0.25) is 0 Å². The number of nitrogens with two attached hydrogens (primary N) is 1. The number of nitrogens with zero attached hydrogens (tertiary/aromatic N) is 1. The van der Waals surface area contributed by atoms with Crippen LogP contribution in [0.5, 0.6) is 0 Å². The topological polar surface area (TPSA) is 49.5 Å². The van der Waals surface area contributed by atoms with Gasteiger partial charge in [-0.2, -0.15) is 13.2 Å². The third kappa shape index (κ3) is 2.62. The van der Waals surface area contributed by atoms with Gasteiger partial charge in [0.25, 0.3) is 0 Å². The second kappa shape index (κ2) is 5.18. The molecule has 2 fully saturated rings. The zero-order valence-corrected chi connectivity index (χ0v) is 11.6. The summed E-state index contributed by atoms with van der Waals surface area (Å²) in [6, 6.07) is 4.23. The molecule has 2 atom stereocenters. The Hall–Kier alpha value is -1.27. The summed E-state index contributed by atoms with van der Waals surface area (Å²) in [4.78, 5) is 2.18. The number of hydrogen-bond acceptors (Lipinski definition) is 3. The Kier molecular flexibility index (Phi) is 3.61. The maximum atomic E-state index is 12.8. The molecule has 21 heavy (non-hydrogen) atoms.